The first-order chi connectivity index (χ1) is 8.20. The highest BCUT2D eigenvalue weighted by molar-refractivity contribution is 6.30. The number of hydrogen-bond donors (Lipinski definition) is 1. The molecule has 0 aliphatic rings. The molecular formula is C12H14ClN3O. The second kappa shape index (κ2) is 5.21. The number of benzene rings is 1. The maximum atomic E-state index is 5.84. The summed E-state index contributed by atoms with van der Waals surface area (Å²) < 4.78 is 7.16. The van der Waals surface area contributed by atoms with Gasteiger partial charge in [-0.2, -0.15) is 5.10 Å². The van der Waals surface area contributed by atoms with Crippen molar-refractivity contribution < 1.29 is 4.74 Å². The normalized spacial score (nSPS) is 10.5. The van der Waals surface area contributed by atoms with Gasteiger partial charge in [0.1, 0.15) is 6.61 Å². The lowest BCUT2D eigenvalue weighted by Crippen LogP contribution is -2.12. The Morgan fingerprint density at radius 3 is 2.71 bits per heavy atom. The van der Waals surface area contributed by atoms with E-state index < -0.39 is 0 Å². The Labute approximate surface area is 105 Å². The topological polar surface area (TPSA) is 53.1 Å². The number of nitrogens with zero attached hydrogens (tertiary/aromatic N) is 2. The molecule has 2 rings (SSSR count). The number of hydrogen-bond acceptors (Lipinski definition) is 3. The predicted octanol–water partition coefficient (Wildman–Crippen LogP) is 2.08. The van der Waals surface area contributed by atoms with Gasteiger partial charge in [-0.25, -0.2) is 4.68 Å². The Hall–Kier alpha value is -1.52. The SMILES string of the molecule is Cn1nc(-c2ccc(Cl)cc2)cc1OCCN. The molecule has 0 unspecified atom stereocenters. The van der Waals surface area contributed by atoms with Crippen LogP contribution in [0.2, 0.25) is 5.02 Å². The first-order valence-electron chi connectivity index (χ1n) is 5.33. The average molecular weight is 252 g/mol. The summed E-state index contributed by atoms with van der Waals surface area (Å²) in [5, 5.41) is 5.08. The van der Waals surface area contributed by atoms with Gasteiger partial charge in [0.15, 0.2) is 0 Å². The van der Waals surface area contributed by atoms with Gasteiger partial charge in [-0.1, -0.05) is 23.7 Å². The molecule has 1 aromatic carbocycles. The number of rotatable bonds is 4. The number of aromatic nitrogens is 2. The van der Waals surface area contributed by atoms with E-state index in [-0.39, 0.29) is 0 Å². The van der Waals surface area contributed by atoms with Gasteiger partial charge < -0.3 is 10.5 Å². The third-order valence-electron chi connectivity index (χ3n) is 2.34. The standard InChI is InChI=1S/C12H14ClN3O/c1-16-12(17-7-6-14)8-11(15-16)9-2-4-10(13)5-3-9/h2-5,8H,6-7,14H2,1H3. The summed E-state index contributed by atoms with van der Waals surface area (Å²) in [6.45, 7) is 0.973. The summed E-state index contributed by atoms with van der Waals surface area (Å²) in [5.41, 5.74) is 7.26. The first kappa shape index (κ1) is 12.0. The van der Waals surface area contributed by atoms with Crippen molar-refractivity contribution in [2.75, 3.05) is 13.2 Å². The molecule has 0 fully saturated rings. The van der Waals surface area contributed by atoms with Crippen molar-refractivity contribution in [3.63, 3.8) is 0 Å². The van der Waals surface area contributed by atoms with Crippen molar-refractivity contribution in [3.8, 4) is 17.1 Å². The van der Waals surface area contributed by atoms with E-state index in [2.05, 4.69) is 5.10 Å². The number of ether oxygens (including phenoxy) is 1. The van der Waals surface area contributed by atoms with Gasteiger partial charge in [0.2, 0.25) is 5.88 Å². The molecule has 90 valence electrons. The third kappa shape index (κ3) is 2.78. The molecular weight excluding hydrogens is 238 g/mol. The highest BCUT2D eigenvalue weighted by Gasteiger charge is 2.07. The number of nitrogens with two attached hydrogens (primary N) is 1. The van der Waals surface area contributed by atoms with Crippen LogP contribution in [-0.2, 0) is 7.05 Å². The smallest absolute Gasteiger partial charge is 0.212 e. The van der Waals surface area contributed by atoms with Crippen LogP contribution in [0.4, 0.5) is 0 Å². The Morgan fingerprint density at radius 1 is 1.35 bits per heavy atom. The summed E-state index contributed by atoms with van der Waals surface area (Å²) >= 11 is 5.84. The van der Waals surface area contributed by atoms with Crippen LogP contribution in [0, 0.1) is 0 Å². The maximum Gasteiger partial charge on any atom is 0.212 e. The summed E-state index contributed by atoms with van der Waals surface area (Å²) in [7, 11) is 1.84. The summed E-state index contributed by atoms with van der Waals surface area (Å²) in [4.78, 5) is 0. The molecule has 0 spiro atoms. The average Bonchev–Trinajstić information content (AvgIpc) is 2.69. The molecule has 1 heterocycles. The molecule has 2 N–H and O–H groups in total. The van der Waals surface area contributed by atoms with Crippen molar-refractivity contribution in [2.45, 2.75) is 0 Å². The van der Waals surface area contributed by atoms with E-state index in [9.17, 15) is 0 Å². The maximum absolute atomic E-state index is 5.84. The molecule has 4 nitrogen and oxygen atoms in total. The van der Waals surface area contributed by atoms with Crippen LogP contribution in [-0.4, -0.2) is 22.9 Å². The largest absolute Gasteiger partial charge is 0.476 e. The monoisotopic (exact) mass is 251 g/mol. The Bertz CT molecular complexity index is 493. The fraction of sp³-hybridized carbons (Fsp3) is 0.250. The predicted molar refractivity (Wildman–Crippen MR) is 68.2 cm³/mol. The van der Waals surface area contributed by atoms with E-state index in [4.69, 9.17) is 22.1 Å². The lowest BCUT2D eigenvalue weighted by molar-refractivity contribution is 0.299. The molecule has 0 aliphatic heterocycles. The van der Waals surface area contributed by atoms with Crippen LogP contribution in [0.25, 0.3) is 11.3 Å². The molecule has 0 saturated heterocycles. The molecule has 2 aromatic rings. The molecule has 0 radical (unpaired) electrons. The number of halogens is 1. The van der Waals surface area contributed by atoms with Crippen LogP contribution >= 0.6 is 11.6 Å². The highest BCUT2D eigenvalue weighted by atomic mass is 35.5. The first-order valence-corrected chi connectivity index (χ1v) is 5.71. The molecule has 0 amide bonds. The second-order valence-corrected chi connectivity index (χ2v) is 4.07. The Kier molecular flexibility index (Phi) is 3.66. The van der Waals surface area contributed by atoms with Gasteiger partial charge >= 0.3 is 0 Å². The van der Waals surface area contributed by atoms with Crippen molar-refractivity contribution in [1.82, 2.24) is 9.78 Å². The minimum atomic E-state index is 0.486. The van der Waals surface area contributed by atoms with Gasteiger partial charge in [-0.3, -0.25) is 0 Å². The van der Waals surface area contributed by atoms with Crippen molar-refractivity contribution >= 4 is 11.6 Å². The summed E-state index contributed by atoms with van der Waals surface area (Å²) in [6, 6.07) is 9.42. The van der Waals surface area contributed by atoms with Crippen LogP contribution in [0.1, 0.15) is 0 Å². The molecule has 0 saturated carbocycles. The lowest BCUT2D eigenvalue weighted by atomic mass is 10.2. The molecule has 1 aromatic heterocycles. The molecule has 5 heteroatoms. The minimum Gasteiger partial charge on any atom is -0.476 e. The van der Waals surface area contributed by atoms with E-state index >= 15 is 0 Å². The lowest BCUT2D eigenvalue weighted by Gasteiger charge is -2.02. The second-order valence-electron chi connectivity index (χ2n) is 3.64. The zero-order valence-electron chi connectivity index (χ0n) is 9.56. The van der Waals surface area contributed by atoms with Gasteiger partial charge in [-0.05, 0) is 12.1 Å². The van der Waals surface area contributed by atoms with Crippen molar-refractivity contribution in [3.05, 3.63) is 35.4 Å². The molecule has 17 heavy (non-hydrogen) atoms. The van der Waals surface area contributed by atoms with Gasteiger partial charge in [-0.15, -0.1) is 0 Å². The quantitative estimate of drug-likeness (QED) is 0.905. The fourth-order valence-electron chi connectivity index (χ4n) is 1.51. The van der Waals surface area contributed by atoms with E-state index in [1.54, 1.807) is 4.68 Å². The summed E-state index contributed by atoms with van der Waals surface area (Å²) in [6.07, 6.45) is 0. The highest BCUT2D eigenvalue weighted by Crippen LogP contribution is 2.23. The van der Waals surface area contributed by atoms with Crippen molar-refractivity contribution in [2.24, 2.45) is 12.8 Å². The minimum absolute atomic E-state index is 0.486. The zero-order chi connectivity index (χ0) is 12.3. The third-order valence-corrected chi connectivity index (χ3v) is 2.60. The van der Waals surface area contributed by atoms with Crippen LogP contribution < -0.4 is 10.5 Å². The molecule has 0 bridgehead atoms. The van der Waals surface area contributed by atoms with E-state index in [1.165, 1.54) is 0 Å². The van der Waals surface area contributed by atoms with E-state index in [0.29, 0.717) is 24.1 Å². The van der Waals surface area contributed by atoms with Crippen LogP contribution in [0.3, 0.4) is 0 Å². The zero-order valence-corrected chi connectivity index (χ0v) is 10.3. The van der Waals surface area contributed by atoms with Crippen molar-refractivity contribution in [1.29, 1.82) is 0 Å². The molecule has 0 aliphatic carbocycles. The molecule has 0 atom stereocenters. The Balaban J connectivity index is 2.24. The Morgan fingerprint density at radius 2 is 2.06 bits per heavy atom. The van der Waals surface area contributed by atoms with Gasteiger partial charge in [0.05, 0.1) is 5.69 Å². The number of aryl methyl sites for hydroxylation is 1. The fourth-order valence-corrected chi connectivity index (χ4v) is 1.64. The van der Waals surface area contributed by atoms with Crippen LogP contribution in [0.5, 0.6) is 5.88 Å². The summed E-state index contributed by atoms with van der Waals surface area (Å²) in [5.74, 6) is 0.709. The van der Waals surface area contributed by atoms with Gasteiger partial charge in [0.25, 0.3) is 0 Å². The van der Waals surface area contributed by atoms with Crippen LogP contribution in [0.15, 0.2) is 30.3 Å². The van der Waals surface area contributed by atoms with Gasteiger partial charge in [0, 0.05) is 30.2 Å². The van der Waals surface area contributed by atoms with E-state index in [1.807, 2.05) is 37.4 Å². The van der Waals surface area contributed by atoms with E-state index in [0.717, 1.165) is 11.3 Å².